The molecule has 70 heavy (non-hydrogen) atoms. The van der Waals surface area contributed by atoms with Crippen LogP contribution < -0.4 is 14.5 Å². The van der Waals surface area contributed by atoms with Crippen molar-refractivity contribution in [3.05, 3.63) is 267 Å². The monoisotopic (exact) mass is 919 g/mol. The van der Waals surface area contributed by atoms with Gasteiger partial charge >= 0.3 is 0 Å². The quantitative estimate of drug-likeness (QED) is 0.0980. The SMILES string of the molecule is CCc1cccc(CO)c1N(c1ccc(C)cc1)c1ccc(/C=C/C=C/c2ccc(C)cc2)cc1.CCc1cccc(OC)c1N(c1ccc(C)cc1)c1ccc(/C=C/C=C/c2ccc(C)cc2)cc1. The topological polar surface area (TPSA) is 35.9 Å². The molecule has 0 atom stereocenters. The van der Waals surface area contributed by atoms with Crippen LogP contribution in [-0.2, 0) is 19.4 Å². The van der Waals surface area contributed by atoms with Crippen LogP contribution in [0.1, 0.15) is 75.0 Å². The van der Waals surface area contributed by atoms with Crippen LogP contribution >= 0.6 is 0 Å². The highest BCUT2D eigenvalue weighted by Gasteiger charge is 2.21. The van der Waals surface area contributed by atoms with Crippen molar-refractivity contribution >= 4 is 58.4 Å². The molecule has 0 aliphatic rings. The third kappa shape index (κ3) is 13.2. The molecule has 0 radical (unpaired) electrons. The number of hydrogen-bond acceptors (Lipinski definition) is 4. The molecule has 0 aliphatic heterocycles. The number of anilines is 6. The van der Waals surface area contributed by atoms with Crippen LogP contribution in [0.4, 0.5) is 34.1 Å². The zero-order valence-corrected chi connectivity index (χ0v) is 41.8. The lowest BCUT2D eigenvalue weighted by Crippen LogP contribution is -2.14. The van der Waals surface area contributed by atoms with E-state index in [-0.39, 0.29) is 6.61 Å². The number of ether oxygens (including phenoxy) is 1. The summed E-state index contributed by atoms with van der Waals surface area (Å²) in [5.74, 6) is 0.871. The van der Waals surface area contributed by atoms with E-state index >= 15 is 0 Å². The first kappa shape index (κ1) is 50.0. The summed E-state index contributed by atoms with van der Waals surface area (Å²) in [7, 11) is 1.74. The lowest BCUT2D eigenvalue weighted by Gasteiger charge is -2.29. The number of aryl methyl sites for hydroxylation is 6. The smallest absolute Gasteiger partial charge is 0.143 e. The summed E-state index contributed by atoms with van der Waals surface area (Å²) in [6.45, 7) is 12.8. The fourth-order valence-corrected chi connectivity index (χ4v) is 8.31. The van der Waals surface area contributed by atoms with E-state index in [0.717, 1.165) is 69.4 Å². The summed E-state index contributed by atoms with van der Waals surface area (Å²) in [5, 5.41) is 10.1. The molecule has 0 heterocycles. The summed E-state index contributed by atoms with van der Waals surface area (Å²) in [5.41, 5.74) is 19.6. The number of rotatable bonds is 16. The lowest BCUT2D eigenvalue weighted by molar-refractivity contribution is 0.282. The highest BCUT2D eigenvalue weighted by Crippen LogP contribution is 2.43. The Morgan fingerprint density at radius 3 is 1.00 bits per heavy atom. The second-order valence-electron chi connectivity index (χ2n) is 17.5. The Kier molecular flexibility index (Phi) is 17.8. The van der Waals surface area contributed by atoms with E-state index in [9.17, 15) is 5.11 Å². The number of benzene rings is 8. The van der Waals surface area contributed by atoms with Gasteiger partial charge in [-0.25, -0.2) is 0 Å². The maximum Gasteiger partial charge on any atom is 0.143 e. The molecule has 8 rings (SSSR count). The van der Waals surface area contributed by atoms with Gasteiger partial charge in [0.2, 0.25) is 0 Å². The minimum absolute atomic E-state index is 0.000324. The summed E-state index contributed by atoms with van der Waals surface area (Å²) in [6.07, 6.45) is 18.6. The Balaban J connectivity index is 0.000000206. The fourth-order valence-electron chi connectivity index (χ4n) is 8.31. The molecule has 4 nitrogen and oxygen atoms in total. The second kappa shape index (κ2) is 24.9. The molecule has 8 aromatic rings. The van der Waals surface area contributed by atoms with Crippen molar-refractivity contribution in [3.8, 4) is 5.75 Å². The van der Waals surface area contributed by atoms with Crippen molar-refractivity contribution in [1.29, 1.82) is 0 Å². The van der Waals surface area contributed by atoms with Gasteiger partial charge in [0.05, 0.1) is 25.1 Å². The van der Waals surface area contributed by atoms with Gasteiger partial charge in [0.25, 0.3) is 0 Å². The molecular weight excluding hydrogens is 853 g/mol. The van der Waals surface area contributed by atoms with Gasteiger partial charge in [0.1, 0.15) is 5.75 Å². The van der Waals surface area contributed by atoms with Crippen LogP contribution in [0.2, 0.25) is 0 Å². The zero-order valence-electron chi connectivity index (χ0n) is 41.8. The molecule has 0 unspecified atom stereocenters. The molecule has 4 heteroatoms. The molecular formula is C66H66N2O2. The van der Waals surface area contributed by atoms with Crippen LogP contribution in [0.3, 0.4) is 0 Å². The van der Waals surface area contributed by atoms with Crippen LogP contribution in [0.5, 0.6) is 5.75 Å². The Labute approximate surface area is 417 Å². The Morgan fingerprint density at radius 2 is 0.657 bits per heavy atom. The molecule has 352 valence electrons. The molecule has 0 amide bonds. The third-order valence-corrected chi connectivity index (χ3v) is 12.3. The van der Waals surface area contributed by atoms with Crippen molar-refractivity contribution in [2.45, 2.75) is 61.0 Å². The number of methoxy groups -OCH3 is 1. The molecule has 0 aliphatic carbocycles. The molecule has 0 fully saturated rings. The van der Waals surface area contributed by atoms with Gasteiger partial charge in [-0.05, 0) is 129 Å². The Hall–Kier alpha value is -7.92. The summed E-state index contributed by atoms with van der Waals surface area (Å²) >= 11 is 0. The molecule has 8 aromatic carbocycles. The molecule has 1 N–H and O–H groups in total. The van der Waals surface area contributed by atoms with E-state index in [4.69, 9.17) is 4.74 Å². The van der Waals surface area contributed by atoms with Crippen LogP contribution in [0.25, 0.3) is 24.3 Å². The predicted octanol–water partition coefficient (Wildman–Crippen LogP) is 17.6. The second-order valence-corrected chi connectivity index (χ2v) is 17.5. The molecule has 0 spiro atoms. The fraction of sp³-hybridized carbons (Fsp3) is 0.152. The summed E-state index contributed by atoms with van der Waals surface area (Å²) < 4.78 is 5.81. The number of nitrogens with zero attached hydrogens (tertiary/aromatic N) is 2. The van der Waals surface area contributed by atoms with E-state index in [0.29, 0.717) is 0 Å². The van der Waals surface area contributed by atoms with Crippen molar-refractivity contribution in [1.82, 2.24) is 0 Å². The normalized spacial score (nSPS) is 11.4. The van der Waals surface area contributed by atoms with Crippen molar-refractivity contribution in [3.63, 3.8) is 0 Å². The van der Waals surface area contributed by atoms with Gasteiger partial charge in [-0.1, -0.05) is 212 Å². The first-order valence-corrected chi connectivity index (χ1v) is 24.3. The average molecular weight is 919 g/mol. The molecule has 0 saturated carbocycles. The predicted molar refractivity (Wildman–Crippen MR) is 301 cm³/mol. The Bertz CT molecular complexity index is 2760. The minimum Gasteiger partial charge on any atom is -0.495 e. The van der Waals surface area contributed by atoms with Gasteiger partial charge in [0.15, 0.2) is 0 Å². The number of hydrogen-bond donors (Lipinski definition) is 1. The number of allylic oxidation sites excluding steroid dienone is 4. The maximum atomic E-state index is 10.1. The molecule has 0 saturated heterocycles. The first-order chi connectivity index (χ1) is 34.2. The highest BCUT2D eigenvalue weighted by molar-refractivity contribution is 5.83. The van der Waals surface area contributed by atoms with E-state index in [1.807, 2.05) is 18.2 Å². The van der Waals surface area contributed by atoms with E-state index < -0.39 is 0 Å². The van der Waals surface area contributed by atoms with E-state index in [1.54, 1.807) is 7.11 Å². The highest BCUT2D eigenvalue weighted by atomic mass is 16.5. The number of aliphatic hydroxyl groups is 1. The van der Waals surface area contributed by atoms with Gasteiger partial charge in [-0.3, -0.25) is 0 Å². The van der Waals surface area contributed by atoms with Gasteiger partial charge in [0, 0.05) is 28.3 Å². The zero-order chi connectivity index (χ0) is 49.2. The lowest BCUT2D eigenvalue weighted by atomic mass is 10.0. The van der Waals surface area contributed by atoms with Gasteiger partial charge < -0.3 is 19.6 Å². The number of para-hydroxylation sites is 2. The molecule has 0 aromatic heterocycles. The van der Waals surface area contributed by atoms with E-state index in [1.165, 1.54) is 44.5 Å². The standard InChI is InChI=1S/2C33H33NO/c1-5-29-11-8-12-32(35-4)33(29)34(30-21-15-26(3)16-22-30)31-23-19-28(20-24-31)10-7-6-9-27-17-13-25(2)14-18-27;1-4-29-10-7-11-30(24-35)33(29)34(31-20-14-26(3)15-21-31)32-22-18-28(19-23-32)9-6-5-8-27-16-12-25(2)13-17-27/h6-24H,5H2,1-4H3;5-23,35H,4,24H2,1-3H3/b9-6+,10-7+;8-5+,9-6+. The Morgan fingerprint density at radius 1 is 0.371 bits per heavy atom. The average Bonchev–Trinajstić information content (AvgIpc) is 3.40. The molecule has 0 bridgehead atoms. The largest absolute Gasteiger partial charge is 0.495 e. The number of aliphatic hydroxyl groups excluding tert-OH is 1. The van der Waals surface area contributed by atoms with Crippen LogP contribution in [0.15, 0.2) is 206 Å². The van der Waals surface area contributed by atoms with Gasteiger partial charge in [-0.2, -0.15) is 0 Å². The first-order valence-electron chi connectivity index (χ1n) is 24.3. The maximum absolute atomic E-state index is 10.1. The third-order valence-electron chi connectivity index (χ3n) is 12.3. The van der Waals surface area contributed by atoms with Crippen LogP contribution in [-0.4, -0.2) is 12.2 Å². The van der Waals surface area contributed by atoms with Crippen LogP contribution in [0, 0.1) is 27.7 Å². The van der Waals surface area contributed by atoms with Crippen molar-refractivity contribution in [2.75, 3.05) is 16.9 Å². The summed E-state index contributed by atoms with van der Waals surface area (Å²) in [4.78, 5) is 4.55. The van der Waals surface area contributed by atoms with Crippen molar-refractivity contribution < 1.29 is 9.84 Å². The van der Waals surface area contributed by atoms with Gasteiger partial charge in [-0.15, -0.1) is 0 Å². The minimum atomic E-state index is -0.000324. The van der Waals surface area contributed by atoms with Crippen molar-refractivity contribution in [2.24, 2.45) is 0 Å². The summed E-state index contributed by atoms with van der Waals surface area (Å²) in [6, 6.07) is 64.0. The van der Waals surface area contributed by atoms with E-state index in [2.05, 4.69) is 264 Å².